The minimum atomic E-state index is -0.0769. The van der Waals surface area contributed by atoms with Gasteiger partial charge in [0.1, 0.15) is 10.7 Å². The van der Waals surface area contributed by atoms with Gasteiger partial charge in [-0.15, -0.1) is 0 Å². The molecule has 0 spiro atoms. The Labute approximate surface area is 242 Å². The summed E-state index contributed by atoms with van der Waals surface area (Å²) in [5.41, 5.74) is 7.13. The van der Waals surface area contributed by atoms with E-state index in [0.717, 1.165) is 39.2 Å². The zero-order chi connectivity index (χ0) is 27.4. The Hall–Kier alpha value is -4.81. The van der Waals surface area contributed by atoms with Gasteiger partial charge in [-0.2, -0.15) is 0 Å². The molecule has 2 atom stereocenters. The molecule has 3 aromatic heterocycles. The molecule has 6 heteroatoms. The molecule has 6 aromatic rings. The average Bonchev–Trinajstić information content (AvgIpc) is 3.55. The quantitative estimate of drug-likeness (QED) is 0.224. The van der Waals surface area contributed by atoms with Gasteiger partial charge in [-0.1, -0.05) is 115 Å². The van der Waals surface area contributed by atoms with Gasteiger partial charge in [0.25, 0.3) is 0 Å². The molecular formula is C35H25N5S. The normalized spacial score (nSPS) is 18.9. The zero-order valence-corrected chi connectivity index (χ0v) is 23.2. The van der Waals surface area contributed by atoms with Gasteiger partial charge in [-0.25, -0.2) is 19.9 Å². The summed E-state index contributed by atoms with van der Waals surface area (Å²) in [6.07, 6.45) is 11.1. The molecule has 0 fully saturated rings. The Morgan fingerprint density at radius 2 is 1.27 bits per heavy atom. The van der Waals surface area contributed by atoms with Crippen LogP contribution >= 0.6 is 11.8 Å². The van der Waals surface area contributed by atoms with Gasteiger partial charge in [0.15, 0.2) is 17.5 Å². The molecular weight excluding hydrogens is 522 g/mol. The van der Waals surface area contributed by atoms with Crippen molar-refractivity contribution in [1.82, 2.24) is 24.3 Å². The van der Waals surface area contributed by atoms with Crippen LogP contribution < -0.4 is 0 Å². The van der Waals surface area contributed by atoms with Crippen molar-refractivity contribution in [2.24, 2.45) is 0 Å². The fourth-order valence-corrected chi connectivity index (χ4v) is 7.13. The molecule has 41 heavy (non-hydrogen) atoms. The first-order valence-electron chi connectivity index (χ1n) is 13.7. The second-order valence-electron chi connectivity index (χ2n) is 10.6. The molecule has 8 rings (SSSR count). The minimum Gasteiger partial charge on any atom is -0.294 e. The van der Waals surface area contributed by atoms with Gasteiger partial charge in [-0.05, 0) is 36.2 Å². The molecule has 2 aliphatic rings. The number of thioether (sulfide) groups is 1. The summed E-state index contributed by atoms with van der Waals surface area (Å²) >= 11 is 1.89. The average molecular weight is 548 g/mol. The lowest BCUT2D eigenvalue weighted by molar-refractivity contribution is 0.601. The van der Waals surface area contributed by atoms with Crippen molar-refractivity contribution in [1.29, 1.82) is 0 Å². The first kappa shape index (κ1) is 24.0. The Balaban J connectivity index is 1.23. The van der Waals surface area contributed by atoms with Crippen molar-refractivity contribution in [2.75, 3.05) is 0 Å². The summed E-state index contributed by atoms with van der Waals surface area (Å²) in [6.45, 7) is 2.29. The van der Waals surface area contributed by atoms with E-state index >= 15 is 0 Å². The molecule has 1 aliphatic carbocycles. The lowest BCUT2D eigenvalue weighted by Gasteiger charge is -2.26. The molecule has 1 aliphatic heterocycles. The van der Waals surface area contributed by atoms with Crippen LogP contribution in [0.15, 0.2) is 133 Å². The van der Waals surface area contributed by atoms with Gasteiger partial charge >= 0.3 is 0 Å². The number of aromatic nitrogens is 5. The second kappa shape index (κ2) is 9.39. The van der Waals surface area contributed by atoms with Crippen molar-refractivity contribution in [2.45, 2.75) is 22.6 Å². The number of benzene rings is 3. The van der Waals surface area contributed by atoms with Crippen LogP contribution in [0.5, 0.6) is 0 Å². The number of hydrogen-bond acceptors (Lipinski definition) is 5. The highest BCUT2D eigenvalue weighted by molar-refractivity contribution is 8.00. The molecule has 3 aromatic carbocycles. The lowest BCUT2D eigenvalue weighted by atomic mass is 9.81. The highest BCUT2D eigenvalue weighted by Gasteiger charge is 2.45. The van der Waals surface area contributed by atoms with Crippen LogP contribution in [0, 0.1) is 0 Å². The molecule has 196 valence electrons. The maximum Gasteiger partial charge on any atom is 0.164 e. The van der Waals surface area contributed by atoms with E-state index in [0.29, 0.717) is 22.7 Å². The van der Waals surface area contributed by atoms with Gasteiger partial charge in [0, 0.05) is 33.6 Å². The van der Waals surface area contributed by atoms with Crippen molar-refractivity contribution < 1.29 is 0 Å². The molecule has 2 unspecified atom stereocenters. The number of imidazole rings is 1. The van der Waals surface area contributed by atoms with E-state index in [1.807, 2.05) is 72.4 Å². The van der Waals surface area contributed by atoms with Crippen LogP contribution in [0.4, 0.5) is 0 Å². The maximum atomic E-state index is 5.06. The van der Waals surface area contributed by atoms with Crippen LogP contribution in [-0.2, 0) is 5.41 Å². The van der Waals surface area contributed by atoms with Crippen LogP contribution in [0.25, 0.3) is 50.9 Å². The molecule has 0 saturated carbocycles. The Morgan fingerprint density at radius 3 is 1.98 bits per heavy atom. The maximum absolute atomic E-state index is 5.06. The summed E-state index contributed by atoms with van der Waals surface area (Å²) in [4.78, 5) is 19.7. The van der Waals surface area contributed by atoms with E-state index in [-0.39, 0.29) is 5.41 Å². The standard InChI is InChI=1S/C35H25N5S/c1-35-20-9-8-17-28(35)41-34-30(35)36-29-19-18-27(22-40(29)34)25-15-10-16-26(21-25)33-38-31(23-11-4-2-5-12-23)37-32(39-33)24-13-6-3-7-14-24/h2-22,28H,1H3. The second-order valence-corrected chi connectivity index (χ2v) is 11.7. The monoisotopic (exact) mass is 547 g/mol. The first-order valence-corrected chi connectivity index (χ1v) is 14.6. The fraction of sp³-hybridized carbons (Fsp3) is 0.0857. The van der Waals surface area contributed by atoms with Crippen molar-refractivity contribution in [3.05, 3.63) is 133 Å². The number of hydrogen-bond donors (Lipinski definition) is 0. The van der Waals surface area contributed by atoms with Crippen LogP contribution in [0.3, 0.4) is 0 Å². The van der Waals surface area contributed by atoms with E-state index in [1.165, 1.54) is 5.03 Å². The van der Waals surface area contributed by atoms with Gasteiger partial charge in [0.05, 0.1) is 5.69 Å². The van der Waals surface area contributed by atoms with E-state index < -0.39 is 0 Å². The number of nitrogens with zero attached hydrogens (tertiary/aromatic N) is 5. The summed E-state index contributed by atoms with van der Waals surface area (Å²) in [5, 5.41) is 1.59. The summed E-state index contributed by atoms with van der Waals surface area (Å²) in [7, 11) is 0. The third-order valence-electron chi connectivity index (χ3n) is 7.91. The largest absolute Gasteiger partial charge is 0.294 e. The molecule has 0 saturated heterocycles. The number of allylic oxidation sites excluding steroid dienone is 3. The highest BCUT2D eigenvalue weighted by atomic mass is 32.2. The number of pyridine rings is 1. The summed E-state index contributed by atoms with van der Waals surface area (Å²) < 4.78 is 2.25. The van der Waals surface area contributed by atoms with Crippen LogP contribution in [-0.4, -0.2) is 29.6 Å². The van der Waals surface area contributed by atoms with Crippen molar-refractivity contribution in [3.8, 4) is 45.3 Å². The Bertz CT molecular complexity index is 1940. The third-order valence-corrected chi connectivity index (χ3v) is 9.42. The molecule has 0 bridgehead atoms. The van der Waals surface area contributed by atoms with Gasteiger partial charge < -0.3 is 0 Å². The topological polar surface area (TPSA) is 56.0 Å². The summed E-state index contributed by atoms with van der Waals surface area (Å²) in [6, 6.07) is 32.8. The Morgan fingerprint density at radius 1 is 0.634 bits per heavy atom. The van der Waals surface area contributed by atoms with E-state index in [2.05, 4.69) is 78.2 Å². The summed E-state index contributed by atoms with van der Waals surface area (Å²) in [5.74, 6) is 1.96. The third kappa shape index (κ3) is 4.02. The molecule has 4 heterocycles. The van der Waals surface area contributed by atoms with Crippen molar-refractivity contribution >= 4 is 17.4 Å². The predicted octanol–water partition coefficient (Wildman–Crippen LogP) is 8.05. The van der Waals surface area contributed by atoms with Crippen LogP contribution in [0.1, 0.15) is 12.6 Å². The minimum absolute atomic E-state index is 0.0769. The highest BCUT2D eigenvalue weighted by Crippen LogP contribution is 2.52. The first-order chi connectivity index (χ1) is 20.2. The molecule has 5 nitrogen and oxygen atoms in total. The number of fused-ring (bicyclic) bond motifs is 5. The van der Waals surface area contributed by atoms with E-state index in [4.69, 9.17) is 19.9 Å². The van der Waals surface area contributed by atoms with E-state index in [1.54, 1.807) is 0 Å². The van der Waals surface area contributed by atoms with Crippen molar-refractivity contribution in [3.63, 3.8) is 0 Å². The fourth-order valence-electron chi connectivity index (χ4n) is 5.64. The lowest BCUT2D eigenvalue weighted by Crippen LogP contribution is -2.28. The Kier molecular flexibility index (Phi) is 5.50. The molecule has 0 amide bonds. The van der Waals surface area contributed by atoms with Gasteiger partial charge in [0.2, 0.25) is 0 Å². The van der Waals surface area contributed by atoms with Crippen LogP contribution in [0.2, 0.25) is 0 Å². The molecule has 0 radical (unpaired) electrons. The molecule has 0 N–H and O–H groups in total. The predicted molar refractivity (Wildman–Crippen MR) is 166 cm³/mol. The smallest absolute Gasteiger partial charge is 0.164 e. The van der Waals surface area contributed by atoms with E-state index in [9.17, 15) is 0 Å². The van der Waals surface area contributed by atoms with Gasteiger partial charge in [-0.3, -0.25) is 4.40 Å². The number of rotatable bonds is 4. The SMILES string of the molecule is CC12C=CC=CC1Sc1c2nc2ccc(-c3cccc(-c4nc(-c5ccccc5)nc(-c5ccccc5)n4)c3)cn12. The zero-order valence-electron chi connectivity index (χ0n) is 22.3.